The molecule has 0 N–H and O–H groups in total. The van der Waals surface area contributed by atoms with Gasteiger partial charge in [0, 0.05) is 24.9 Å². The molecular formula is C21H31NO4. The second kappa shape index (κ2) is 7.77. The van der Waals surface area contributed by atoms with E-state index in [0.717, 1.165) is 50.2 Å². The number of amides is 1. The Kier molecular flexibility index (Phi) is 5.64. The van der Waals surface area contributed by atoms with Gasteiger partial charge in [-0.1, -0.05) is 6.92 Å². The Bertz CT molecular complexity index is 593. The van der Waals surface area contributed by atoms with Crippen LogP contribution < -0.4 is 9.47 Å². The third kappa shape index (κ3) is 4.63. The molecule has 144 valence electrons. The number of piperidine rings is 1. The Balaban J connectivity index is 1.56. The van der Waals surface area contributed by atoms with Crippen LogP contribution in [-0.2, 0) is 4.74 Å². The first-order valence-corrected chi connectivity index (χ1v) is 9.76. The van der Waals surface area contributed by atoms with Crippen molar-refractivity contribution >= 4 is 6.09 Å². The Labute approximate surface area is 156 Å². The molecule has 1 amide bonds. The Morgan fingerprint density at radius 3 is 2.19 bits per heavy atom. The fourth-order valence-electron chi connectivity index (χ4n) is 3.86. The number of hydrogen-bond acceptors (Lipinski definition) is 4. The predicted molar refractivity (Wildman–Crippen MR) is 101 cm³/mol. The molecule has 2 bridgehead atoms. The van der Waals surface area contributed by atoms with Crippen molar-refractivity contribution in [2.24, 2.45) is 0 Å². The third-order valence-electron chi connectivity index (χ3n) is 4.89. The quantitative estimate of drug-likeness (QED) is 0.757. The van der Waals surface area contributed by atoms with Crippen molar-refractivity contribution in [3.63, 3.8) is 0 Å². The molecule has 2 saturated heterocycles. The van der Waals surface area contributed by atoms with Crippen molar-refractivity contribution in [2.75, 3.05) is 6.61 Å². The van der Waals surface area contributed by atoms with Gasteiger partial charge in [0.15, 0.2) is 0 Å². The Morgan fingerprint density at radius 2 is 1.65 bits per heavy atom. The van der Waals surface area contributed by atoms with Crippen molar-refractivity contribution in [3.8, 4) is 11.5 Å². The smallest absolute Gasteiger partial charge is 0.410 e. The number of hydrogen-bond donors (Lipinski definition) is 0. The zero-order chi connectivity index (χ0) is 18.7. The maximum atomic E-state index is 12.5. The first-order valence-electron chi connectivity index (χ1n) is 9.76. The van der Waals surface area contributed by atoms with Gasteiger partial charge >= 0.3 is 6.09 Å². The van der Waals surface area contributed by atoms with Gasteiger partial charge in [0.05, 0.1) is 6.61 Å². The van der Waals surface area contributed by atoms with Crippen LogP contribution >= 0.6 is 0 Å². The van der Waals surface area contributed by atoms with E-state index in [0.29, 0.717) is 0 Å². The lowest BCUT2D eigenvalue weighted by Gasteiger charge is -2.39. The highest BCUT2D eigenvalue weighted by molar-refractivity contribution is 5.69. The van der Waals surface area contributed by atoms with Crippen LogP contribution in [0.3, 0.4) is 0 Å². The number of nitrogens with zero attached hydrogens (tertiary/aromatic N) is 1. The number of benzene rings is 1. The number of carbonyl (C=O) groups is 1. The van der Waals surface area contributed by atoms with Crippen LogP contribution in [0.25, 0.3) is 0 Å². The number of ether oxygens (including phenoxy) is 3. The molecule has 3 atom stereocenters. The summed E-state index contributed by atoms with van der Waals surface area (Å²) < 4.78 is 17.4. The molecule has 3 rings (SSSR count). The van der Waals surface area contributed by atoms with Gasteiger partial charge < -0.3 is 19.1 Å². The predicted octanol–water partition coefficient (Wildman–Crippen LogP) is 4.78. The molecular weight excluding hydrogens is 330 g/mol. The molecule has 0 radical (unpaired) electrons. The van der Waals surface area contributed by atoms with Crippen LogP contribution in [0.1, 0.15) is 59.8 Å². The second-order valence-corrected chi connectivity index (χ2v) is 8.30. The van der Waals surface area contributed by atoms with E-state index in [1.54, 1.807) is 0 Å². The summed E-state index contributed by atoms with van der Waals surface area (Å²) in [5, 5.41) is 0. The molecule has 1 aromatic carbocycles. The molecule has 1 aromatic rings. The average molecular weight is 361 g/mol. The van der Waals surface area contributed by atoms with Crippen LogP contribution in [0, 0.1) is 0 Å². The lowest BCUT2D eigenvalue weighted by Crippen LogP contribution is -2.50. The van der Waals surface area contributed by atoms with Gasteiger partial charge in [0.1, 0.15) is 23.2 Å². The fraction of sp³-hybridized carbons (Fsp3) is 0.667. The van der Waals surface area contributed by atoms with E-state index in [1.165, 1.54) is 0 Å². The van der Waals surface area contributed by atoms with E-state index in [9.17, 15) is 4.79 Å². The average Bonchev–Trinajstić information content (AvgIpc) is 2.84. The van der Waals surface area contributed by atoms with Crippen LogP contribution in [0.15, 0.2) is 24.3 Å². The van der Waals surface area contributed by atoms with Gasteiger partial charge in [-0.15, -0.1) is 0 Å². The number of rotatable bonds is 5. The minimum Gasteiger partial charge on any atom is -0.494 e. The highest BCUT2D eigenvalue weighted by Crippen LogP contribution is 2.38. The third-order valence-corrected chi connectivity index (χ3v) is 4.89. The molecule has 0 aliphatic carbocycles. The molecule has 2 fully saturated rings. The molecule has 26 heavy (non-hydrogen) atoms. The Hall–Kier alpha value is -1.91. The summed E-state index contributed by atoms with van der Waals surface area (Å²) in [5.41, 5.74) is -0.453. The standard InChI is InChI=1S/C21H31NO4/c1-5-12-24-17-8-10-18(11-9-17)25-19-13-15-6-7-16(14-19)22(15)20(23)26-21(2,3)4/h8-11,15-16,19H,5-7,12-14H2,1-4H3/t15-,16+,19?. The Morgan fingerprint density at radius 1 is 1.08 bits per heavy atom. The molecule has 5 nitrogen and oxygen atoms in total. The highest BCUT2D eigenvalue weighted by atomic mass is 16.6. The van der Waals surface area contributed by atoms with Gasteiger partial charge in [-0.3, -0.25) is 0 Å². The van der Waals surface area contributed by atoms with Crippen molar-refractivity contribution in [1.82, 2.24) is 4.90 Å². The minimum absolute atomic E-state index is 0.147. The molecule has 2 aliphatic heterocycles. The molecule has 2 heterocycles. The van der Waals surface area contributed by atoms with E-state index < -0.39 is 5.60 Å². The number of fused-ring (bicyclic) bond motifs is 2. The van der Waals surface area contributed by atoms with Crippen LogP contribution in [0.4, 0.5) is 4.79 Å². The molecule has 0 aromatic heterocycles. The summed E-state index contributed by atoms with van der Waals surface area (Å²) >= 11 is 0. The molecule has 0 saturated carbocycles. The maximum absolute atomic E-state index is 12.5. The monoisotopic (exact) mass is 361 g/mol. The van der Waals surface area contributed by atoms with E-state index >= 15 is 0 Å². The van der Waals surface area contributed by atoms with Crippen molar-refractivity contribution in [1.29, 1.82) is 0 Å². The van der Waals surface area contributed by atoms with E-state index in [2.05, 4.69) is 6.92 Å². The van der Waals surface area contributed by atoms with Crippen LogP contribution in [0.5, 0.6) is 11.5 Å². The lowest BCUT2D eigenvalue weighted by atomic mass is 10.00. The summed E-state index contributed by atoms with van der Waals surface area (Å²) in [7, 11) is 0. The zero-order valence-corrected chi connectivity index (χ0v) is 16.4. The van der Waals surface area contributed by atoms with Crippen LogP contribution in [-0.4, -0.2) is 41.4 Å². The van der Waals surface area contributed by atoms with Gasteiger partial charge in [0.25, 0.3) is 0 Å². The molecule has 2 aliphatic rings. The summed E-state index contributed by atoms with van der Waals surface area (Å²) in [6, 6.07) is 8.28. The zero-order valence-electron chi connectivity index (χ0n) is 16.4. The summed E-state index contributed by atoms with van der Waals surface area (Å²) in [5.74, 6) is 1.74. The second-order valence-electron chi connectivity index (χ2n) is 8.30. The van der Waals surface area contributed by atoms with Gasteiger partial charge in [-0.05, 0) is 64.3 Å². The summed E-state index contributed by atoms with van der Waals surface area (Å²) in [6.07, 6.45) is 4.76. The first-order chi connectivity index (χ1) is 12.4. The SMILES string of the molecule is CCCOc1ccc(OC2C[C@H]3CC[C@@H](C2)N3C(=O)OC(C)(C)C)cc1. The molecule has 0 spiro atoms. The largest absolute Gasteiger partial charge is 0.494 e. The summed E-state index contributed by atoms with van der Waals surface area (Å²) in [4.78, 5) is 14.5. The topological polar surface area (TPSA) is 48.0 Å². The lowest BCUT2D eigenvalue weighted by molar-refractivity contribution is -0.00708. The summed E-state index contributed by atoms with van der Waals surface area (Å²) in [6.45, 7) is 8.56. The molecule has 5 heteroatoms. The molecule has 1 unspecified atom stereocenters. The van der Waals surface area contributed by atoms with Gasteiger partial charge in [-0.2, -0.15) is 0 Å². The minimum atomic E-state index is -0.453. The van der Waals surface area contributed by atoms with Crippen molar-refractivity contribution in [3.05, 3.63) is 24.3 Å². The van der Waals surface area contributed by atoms with Gasteiger partial charge in [0.2, 0.25) is 0 Å². The van der Waals surface area contributed by atoms with Gasteiger partial charge in [-0.25, -0.2) is 4.79 Å². The normalized spacial score (nSPS) is 25.1. The van der Waals surface area contributed by atoms with Crippen LogP contribution in [0.2, 0.25) is 0 Å². The highest BCUT2D eigenvalue weighted by Gasteiger charge is 2.45. The van der Waals surface area contributed by atoms with E-state index in [4.69, 9.17) is 14.2 Å². The fourth-order valence-corrected chi connectivity index (χ4v) is 3.86. The maximum Gasteiger partial charge on any atom is 0.410 e. The van der Waals surface area contributed by atoms with E-state index in [-0.39, 0.29) is 24.3 Å². The van der Waals surface area contributed by atoms with E-state index in [1.807, 2.05) is 49.9 Å². The number of carbonyl (C=O) groups excluding carboxylic acids is 1. The first kappa shape index (κ1) is 18.9. The van der Waals surface area contributed by atoms with Crippen molar-refractivity contribution < 1.29 is 19.0 Å². The van der Waals surface area contributed by atoms with Crippen molar-refractivity contribution in [2.45, 2.75) is 83.6 Å².